The molecule has 0 aliphatic carbocycles. The van der Waals surface area contributed by atoms with Crippen molar-refractivity contribution in [2.45, 2.75) is 6.42 Å². The lowest BCUT2D eigenvalue weighted by Gasteiger charge is -2.10. The topological polar surface area (TPSA) is 62.1 Å². The number of hydrogen-bond donors (Lipinski definition) is 1. The average Bonchev–Trinajstić information content (AvgIpc) is 2.50. The minimum Gasteiger partial charge on any atom is -0.495 e. The number of amides is 1. The van der Waals surface area contributed by atoms with Gasteiger partial charge < -0.3 is 10.1 Å². The van der Waals surface area contributed by atoms with E-state index in [1.54, 1.807) is 30.3 Å². The molecule has 0 aliphatic rings. The van der Waals surface area contributed by atoms with Gasteiger partial charge in [-0.25, -0.2) is 4.39 Å². The van der Waals surface area contributed by atoms with E-state index in [1.807, 2.05) is 6.07 Å². The van der Waals surface area contributed by atoms with Gasteiger partial charge in [0.2, 0.25) is 5.91 Å². The van der Waals surface area contributed by atoms with Crippen molar-refractivity contribution in [2.75, 3.05) is 12.4 Å². The number of nitrogens with one attached hydrogen (secondary N) is 1. The van der Waals surface area contributed by atoms with E-state index in [9.17, 15) is 9.18 Å². The highest BCUT2D eigenvalue weighted by Gasteiger charge is 2.09. The number of hydrogen-bond acceptors (Lipinski definition) is 3. The van der Waals surface area contributed by atoms with Crippen LogP contribution in [-0.2, 0) is 11.2 Å². The highest BCUT2D eigenvalue weighted by Crippen LogP contribution is 2.25. The minimum atomic E-state index is -0.340. The second-order valence-electron chi connectivity index (χ2n) is 4.38. The molecule has 2 aromatic carbocycles. The van der Waals surface area contributed by atoms with E-state index in [4.69, 9.17) is 10.00 Å². The highest BCUT2D eigenvalue weighted by molar-refractivity contribution is 5.93. The Bertz CT molecular complexity index is 690. The van der Waals surface area contributed by atoms with Crippen LogP contribution in [0.2, 0.25) is 0 Å². The summed E-state index contributed by atoms with van der Waals surface area (Å²) in [4.78, 5) is 12.0. The summed E-state index contributed by atoms with van der Waals surface area (Å²) in [5.74, 6) is -0.168. The first-order chi connectivity index (χ1) is 10.1. The molecule has 0 heterocycles. The SMILES string of the molecule is COc1cc(C#N)ccc1NC(=O)Cc1ccc(F)cc1. The van der Waals surface area contributed by atoms with Crippen molar-refractivity contribution in [2.24, 2.45) is 0 Å². The van der Waals surface area contributed by atoms with Gasteiger partial charge in [0.25, 0.3) is 0 Å². The van der Waals surface area contributed by atoms with Crippen molar-refractivity contribution in [1.29, 1.82) is 5.26 Å². The fourth-order valence-corrected chi connectivity index (χ4v) is 1.85. The molecule has 2 aromatic rings. The van der Waals surface area contributed by atoms with Gasteiger partial charge in [0, 0.05) is 6.07 Å². The summed E-state index contributed by atoms with van der Waals surface area (Å²) in [6.45, 7) is 0. The van der Waals surface area contributed by atoms with Gasteiger partial charge in [0.15, 0.2) is 0 Å². The summed E-state index contributed by atoms with van der Waals surface area (Å²) in [6, 6.07) is 12.5. The Morgan fingerprint density at radius 3 is 2.62 bits per heavy atom. The van der Waals surface area contributed by atoms with Crippen LogP contribution in [0.5, 0.6) is 5.75 Å². The van der Waals surface area contributed by atoms with Crippen LogP contribution in [0.25, 0.3) is 0 Å². The maximum absolute atomic E-state index is 12.8. The molecule has 0 unspecified atom stereocenters. The number of benzene rings is 2. The molecule has 0 spiro atoms. The van der Waals surface area contributed by atoms with E-state index in [0.29, 0.717) is 22.6 Å². The molecule has 0 atom stereocenters. The Morgan fingerprint density at radius 2 is 2.00 bits per heavy atom. The lowest BCUT2D eigenvalue weighted by molar-refractivity contribution is -0.115. The zero-order valence-electron chi connectivity index (χ0n) is 11.4. The third-order valence-corrected chi connectivity index (χ3v) is 2.88. The molecular formula is C16H13FN2O2. The standard InChI is InChI=1S/C16H13FN2O2/c1-21-15-8-12(10-18)4-7-14(15)19-16(20)9-11-2-5-13(17)6-3-11/h2-8H,9H2,1H3,(H,19,20). The van der Waals surface area contributed by atoms with Crippen molar-refractivity contribution in [3.05, 3.63) is 59.4 Å². The van der Waals surface area contributed by atoms with E-state index in [0.717, 1.165) is 0 Å². The van der Waals surface area contributed by atoms with Gasteiger partial charge in [-0.1, -0.05) is 12.1 Å². The number of nitrogens with zero attached hydrogens (tertiary/aromatic N) is 1. The van der Waals surface area contributed by atoms with E-state index in [2.05, 4.69) is 5.32 Å². The molecule has 1 amide bonds. The molecule has 5 heteroatoms. The van der Waals surface area contributed by atoms with E-state index in [1.165, 1.54) is 19.2 Å². The van der Waals surface area contributed by atoms with Gasteiger partial charge in [-0.3, -0.25) is 4.79 Å². The number of methoxy groups -OCH3 is 1. The van der Waals surface area contributed by atoms with Crippen molar-refractivity contribution < 1.29 is 13.9 Å². The molecular weight excluding hydrogens is 271 g/mol. The number of halogens is 1. The summed E-state index contributed by atoms with van der Waals surface area (Å²) >= 11 is 0. The zero-order chi connectivity index (χ0) is 15.2. The van der Waals surface area contributed by atoms with Crippen LogP contribution in [0.1, 0.15) is 11.1 Å². The first-order valence-corrected chi connectivity index (χ1v) is 6.25. The molecule has 0 bridgehead atoms. The zero-order valence-corrected chi connectivity index (χ0v) is 11.4. The van der Waals surface area contributed by atoms with Crippen LogP contribution in [0, 0.1) is 17.1 Å². The summed E-state index contributed by atoms with van der Waals surface area (Å²) in [6.07, 6.45) is 0.128. The Balaban J connectivity index is 2.09. The van der Waals surface area contributed by atoms with Crippen molar-refractivity contribution >= 4 is 11.6 Å². The quantitative estimate of drug-likeness (QED) is 0.939. The molecule has 4 nitrogen and oxygen atoms in total. The molecule has 1 N–H and O–H groups in total. The van der Waals surface area contributed by atoms with Gasteiger partial charge in [-0.2, -0.15) is 5.26 Å². The summed E-state index contributed by atoms with van der Waals surface area (Å²) in [5, 5.41) is 11.5. The lowest BCUT2D eigenvalue weighted by Crippen LogP contribution is -2.15. The molecule has 21 heavy (non-hydrogen) atoms. The fourth-order valence-electron chi connectivity index (χ4n) is 1.85. The predicted molar refractivity (Wildman–Crippen MR) is 76.4 cm³/mol. The molecule has 106 valence electrons. The molecule has 0 aromatic heterocycles. The third-order valence-electron chi connectivity index (χ3n) is 2.88. The van der Waals surface area contributed by atoms with Crippen molar-refractivity contribution in [3.63, 3.8) is 0 Å². The second-order valence-corrected chi connectivity index (χ2v) is 4.38. The normalized spacial score (nSPS) is 9.76. The monoisotopic (exact) mass is 284 g/mol. The number of carbonyl (C=O) groups is 1. The van der Waals surface area contributed by atoms with Crippen LogP contribution in [0.15, 0.2) is 42.5 Å². The molecule has 0 saturated heterocycles. The average molecular weight is 284 g/mol. The van der Waals surface area contributed by atoms with Gasteiger partial charge in [-0.15, -0.1) is 0 Å². The highest BCUT2D eigenvalue weighted by atomic mass is 19.1. The summed E-state index contributed by atoms with van der Waals surface area (Å²) < 4.78 is 17.9. The van der Waals surface area contributed by atoms with Gasteiger partial charge in [-0.05, 0) is 29.8 Å². The van der Waals surface area contributed by atoms with Gasteiger partial charge in [0.1, 0.15) is 11.6 Å². The van der Waals surface area contributed by atoms with Crippen molar-refractivity contribution in [1.82, 2.24) is 0 Å². The molecule has 2 rings (SSSR count). The largest absolute Gasteiger partial charge is 0.495 e. The maximum atomic E-state index is 12.8. The van der Waals surface area contributed by atoms with Crippen LogP contribution < -0.4 is 10.1 Å². The molecule has 0 aliphatic heterocycles. The fraction of sp³-hybridized carbons (Fsp3) is 0.125. The number of nitriles is 1. The van der Waals surface area contributed by atoms with Crippen molar-refractivity contribution in [3.8, 4) is 11.8 Å². The number of carbonyl (C=O) groups excluding carboxylic acids is 1. The maximum Gasteiger partial charge on any atom is 0.228 e. The smallest absolute Gasteiger partial charge is 0.228 e. The van der Waals surface area contributed by atoms with E-state index >= 15 is 0 Å². The minimum absolute atomic E-state index is 0.128. The number of anilines is 1. The Morgan fingerprint density at radius 1 is 1.29 bits per heavy atom. The predicted octanol–water partition coefficient (Wildman–Crippen LogP) is 2.89. The second kappa shape index (κ2) is 6.53. The Hall–Kier alpha value is -2.87. The molecule has 0 saturated carbocycles. The first kappa shape index (κ1) is 14.5. The Kier molecular flexibility index (Phi) is 4.52. The van der Waals surface area contributed by atoms with Crippen LogP contribution >= 0.6 is 0 Å². The lowest BCUT2D eigenvalue weighted by atomic mass is 10.1. The van der Waals surface area contributed by atoms with Crippen LogP contribution in [0.4, 0.5) is 10.1 Å². The molecule has 0 radical (unpaired) electrons. The molecule has 0 fully saturated rings. The van der Waals surface area contributed by atoms with Gasteiger partial charge in [0.05, 0.1) is 30.9 Å². The van der Waals surface area contributed by atoms with E-state index in [-0.39, 0.29) is 18.1 Å². The number of rotatable bonds is 4. The third kappa shape index (κ3) is 3.80. The van der Waals surface area contributed by atoms with Crippen LogP contribution in [-0.4, -0.2) is 13.0 Å². The van der Waals surface area contributed by atoms with Crippen LogP contribution in [0.3, 0.4) is 0 Å². The van der Waals surface area contributed by atoms with Gasteiger partial charge >= 0.3 is 0 Å². The Labute approximate surface area is 121 Å². The first-order valence-electron chi connectivity index (χ1n) is 6.25. The summed E-state index contributed by atoms with van der Waals surface area (Å²) in [7, 11) is 1.46. The summed E-state index contributed by atoms with van der Waals surface area (Å²) in [5.41, 5.74) is 1.65. The van der Waals surface area contributed by atoms with E-state index < -0.39 is 0 Å². The number of ether oxygens (including phenoxy) is 1.